The summed E-state index contributed by atoms with van der Waals surface area (Å²) in [6, 6.07) is 11.2. The van der Waals surface area contributed by atoms with E-state index in [2.05, 4.69) is 30.0 Å². The molecule has 294 valence electrons. The van der Waals surface area contributed by atoms with E-state index in [-0.39, 0.29) is 32.0 Å². The first-order valence-electron chi connectivity index (χ1n) is 18.9. The van der Waals surface area contributed by atoms with Crippen LogP contribution >= 0.6 is 0 Å². The van der Waals surface area contributed by atoms with Crippen LogP contribution in [-0.4, -0.2) is 75.6 Å². The standard InChI is InChI=1S/C40H54FN5O8/c1-25(2)14-9-7-12-19-32(42-37(50)53-39(4,5)6)35(48)46-23-29(52-38(51)45-22-27-15-13-18-31(41)30(27)24-45)20-33(46)34(47)43-40(21-26(40)3)36(49)44-54-28-16-10-8-11-17-28/h8,10-11,13,15-18,25-26,29,32-33H,7,9,12,14,19-24H2,1-6H3,(H,42,50)(H,43,47)(H,44,49)/t26-,29?,32+,33+,40-/m1/s1. The van der Waals surface area contributed by atoms with E-state index < -0.39 is 65.1 Å². The van der Waals surface area contributed by atoms with Crippen LogP contribution in [0.5, 0.6) is 5.75 Å². The average Bonchev–Trinajstić information content (AvgIpc) is 3.41. The summed E-state index contributed by atoms with van der Waals surface area (Å²) in [6.07, 6.45) is 1.65. The van der Waals surface area contributed by atoms with Gasteiger partial charge in [-0.2, -0.15) is 5.48 Å². The molecule has 0 radical (unpaired) electrons. The number of carbonyl (C=O) groups excluding carboxylic acids is 5. The highest BCUT2D eigenvalue weighted by molar-refractivity contribution is 5.97. The number of halogens is 1. The number of hydrogen-bond donors (Lipinski definition) is 3. The number of hydrogen-bond acceptors (Lipinski definition) is 8. The molecule has 2 aliphatic heterocycles. The van der Waals surface area contributed by atoms with Gasteiger partial charge in [-0.25, -0.2) is 14.0 Å². The topological polar surface area (TPSA) is 156 Å². The maximum Gasteiger partial charge on any atom is 0.410 e. The number of rotatable bonds is 14. The third-order valence-electron chi connectivity index (χ3n) is 10.1. The third-order valence-corrected chi connectivity index (χ3v) is 10.1. The fourth-order valence-corrected chi connectivity index (χ4v) is 7.05. The molecule has 2 aromatic rings. The maximum atomic E-state index is 14.5. The summed E-state index contributed by atoms with van der Waals surface area (Å²) in [5.41, 5.74) is 1.43. The fourth-order valence-electron chi connectivity index (χ4n) is 7.05. The van der Waals surface area contributed by atoms with Crippen molar-refractivity contribution in [1.82, 2.24) is 25.9 Å². The number of nitrogens with zero attached hydrogens (tertiary/aromatic N) is 2. The van der Waals surface area contributed by atoms with Crippen LogP contribution in [0.1, 0.15) is 97.6 Å². The van der Waals surface area contributed by atoms with Crippen LogP contribution in [0.15, 0.2) is 48.5 Å². The monoisotopic (exact) mass is 751 g/mol. The molecular weight excluding hydrogens is 697 g/mol. The van der Waals surface area contributed by atoms with E-state index in [9.17, 15) is 28.4 Å². The van der Waals surface area contributed by atoms with Gasteiger partial charge in [0.05, 0.1) is 13.1 Å². The average molecular weight is 752 g/mol. The van der Waals surface area contributed by atoms with E-state index in [1.165, 1.54) is 15.9 Å². The minimum absolute atomic E-state index is 0.0272. The van der Waals surface area contributed by atoms with Crippen LogP contribution in [0.2, 0.25) is 0 Å². The molecule has 54 heavy (non-hydrogen) atoms. The lowest BCUT2D eigenvalue weighted by Gasteiger charge is -2.30. The van der Waals surface area contributed by atoms with Crippen molar-refractivity contribution in [2.24, 2.45) is 11.8 Å². The molecule has 5 rings (SSSR count). The number of unbranched alkanes of at least 4 members (excludes halogenated alkanes) is 2. The van der Waals surface area contributed by atoms with Crippen molar-refractivity contribution in [3.8, 4) is 5.75 Å². The van der Waals surface area contributed by atoms with Gasteiger partial charge in [-0.1, -0.05) is 76.8 Å². The highest BCUT2D eigenvalue weighted by Crippen LogP contribution is 2.44. The van der Waals surface area contributed by atoms with Gasteiger partial charge in [-0.05, 0) is 69.2 Å². The van der Waals surface area contributed by atoms with Crippen molar-refractivity contribution in [1.29, 1.82) is 0 Å². The molecular formula is C40H54FN5O8. The first kappa shape index (κ1) is 40.3. The van der Waals surface area contributed by atoms with Gasteiger partial charge in [-0.3, -0.25) is 19.3 Å². The SMILES string of the molecule is CC(C)CCCCC[C@H](NC(=O)OC(C)(C)C)C(=O)N1CC(OC(=O)N2Cc3cccc(F)c3C2)C[C@H]1C(=O)N[C@]1(C(=O)NOc2ccccc2)C[C@H]1C. The van der Waals surface area contributed by atoms with Crippen molar-refractivity contribution in [2.75, 3.05) is 6.54 Å². The Labute approximate surface area is 316 Å². The van der Waals surface area contributed by atoms with E-state index in [0.717, 1.165) is 19.3 Å². The summed E-state index contributed by atoms with van der Waals surface area (Å²) in [6.45, 7) is 11.3. The van der Waals surface area contributed by atoms with E-state index in [1.807, 2.05) is 13.0 Å². The first-order chi connectivity index (χ1) is 25.6. The molecule has 2 aromatic carbocycles. The molecule has 2 fully saturated rings. The largest absolute Gasteiger partial charge is 0.444 e. The van der Waals surface area contributed by atoms with Crippen LogP contribution in [0.25, 0.3) is 0 Å². The van der Waals surface area contributed by atoms with Gasteiger partial charge in [0.25, 0.3) is 5.91 Å². The summed E-state index contributed by atoms with van der Waals surface area (Å²) in [5, 5.41) is 5.61. The van der Waals surface area contributed by atoms with Crippen LogP contribution in [0, 0.1) is 17.7 Å². The highest BCUT2D eigenvalue weighted by Gasteiger charge is 2.60. The normalized spacial score (nSPS) is 22.3. The van der Waals surface area contributed by atoms with Crippen LogP contribution in [-0.2, 0) is 36.9 Å². The van der Waals surface area contributed by atoms with Crippen molar-refractivity contribution >= 4 is 29.9 Å². The lowest BCUT2D eigenvalue weighted by Crippen LogP contribution is -2.58. The van der Waals surface area contributed by atoms with Gasteiger partial charge in [0.1, 0.15) is 35.1 Å². The van der Waals surface area contributed by atoms with Gasteiger partial charge < -0.3 is 29.8 Å². The molecule has 0 spiro atoms. The Morgan fingerprint density at radius 1 is 0.963 bits per heavy atom. The van der Waals surface area contributed by atoms with Crippen molar-refractivity contribution in [3.05, 3.63) is 65.5 Å². The molecule has 0 aromatic heterocycles. The molecule has 3 N–H and O–H groups in total. The Kier molecular flexibility index (Phi) is 12.7. The lowest BCUT2D eigenvalue weighted by molar-refractivity contribution is -0.142. The molecule has 1 aliphatic carbocycles. The van der Waals surface area contributed by atoms with Gasteiger partial charge in [0, 0.05) is 18.5 Å². The number of para-hydroxylation sites is 1. The Balaban J connectivity index is 1.33. The van der Waals surface area contributed by atoms with Crippen molar-refractivity contribution in [2.45, 2.75) is 129 Å². The fraction of sp³-hybridized carbons (Fsp3) is 0.575. The minimum atomic E-state index is -1.29. The molecule has 1 unspecified atom stereocenters. The number of hydroxylamine groups is 1. The molecule has 1 saturated carbocycles. The number of nitrogens with one attached hydrogen (secondary N) is 3. The van der Waals surface area contributed by atoms with Crippen LogP contribution in [0.4, 0.5) is 14.0 Å². The Bertz CT molecular complexity index is 1680. The van der Waals surface area contributed by atoms with Gasteiger partial charge in [0.2, 0.25) is 11.8 Å². The molecule has 5 amide bonds. The summed E-state index contributed by atoms with van der Waals surface area (Å²) < 4.78 is 25.8. The zero-order valence-corrected chi connectivity index (χ0v) is 32.1. The number of benzene rings is 2. The number of carbonyl (C=O) groups is 5. The Morgan fingerprint density at radius 2 is 1.67 bits per heavy atom. The second-order valence-electron chi connectivity index (χ2n) is 16.1. The summed E-state index contributed by atoms with van der Waals surface area (Å²) >= 11 is 0. The van der Waals surface area contributed by atoms with Crippen molar-refractivity contribution in [3.63, 3.8) is 0 Å². The first-order valence-corrected chi connectivity index (χ1v) is 18.9. The summed E-state index contributed by atoms with van der Waals surface area (Å²) in [7, 11) is 0. The highest BCUT2D eigenvalue weighted by atomic mass is 19.1. The van der Waals surface area contributed by atoms with Crippen molar-refractivity contribution < 1.29 is 42.7 Å². The summed E-state index contributed by atoms with van der Waals surface area (Å²) in [5.74, 6) is -1.38. The smallest absolute Gasteiger partial charge is 0.410 e. The number of amides is 5. The van der Waals surface area contributed by atoms with E-state index in [4.69, 9.17) is 14.3 Å². The number of alkyl carbamates (subject to hydrolysis) is 1. The summed E-state index contributed by atoms with van der Waals surface area (Å²) in [4.78, 5) is 76.6. The van der Waals surface area contributed by atoms with E-state index in [1.54, 1.807) is 57.2 Å². The molecule has 2 heterocycles. The van der Waals surface area contributed by atoms with Crippen LogP contribution < -0.4 is 21.0 Å². The van der Waals surface area contributed by atoms with Crippen LogP contribution in [0.3, 0.4) is 0 Å². The quantitative estimate of drug-likeness (QED) is 0.163. The number of ether oxygens (including phenoxy) is 2. The van der Waals surface area contributed by atoms with Gasteiger partial charge in [0.15, 0.2) is 5.75 Å². The zero-order chi connectivity index (χ0) is 39.2. The van der Waals surface area contributed by atoms with Gasteiger partial charge in [-0.15, -0.1) is 0 Å². The molecule has 14 heteroatoms. The second-order valence-corrected chi connectivity index (χ2v) is 16.1. The predicted octanol–water partition coefficient (Wildman–Crippen LogP) is 5.75. The number of likely N-dealkylation sites (tertiary alicyclic amines) is 1. The molecule has 0 bridgehead atoms. The van der Waals surface area contributed by atoms with E-state index in [0.29, 0.717) is 42.1 Å². The zero-order valence-electron chi connectivity index (χ0n) is 32.1. The maximum absolute atomic E-state index is 14.5. The van der Waals surface area contributed by atoms with E-state index >= 15 is 0 Å². The lowest BCUT2D eigenvalue weighted by atomic mass is 10.0. The molecule has 1 saturated heterocycles. The second kappa shape index (κ2) is 17.1. The van der Waals surface area contributed by atoms with Gasteiger partial charge >= 0.3 is 12.2 Å². The molecule has 13 nitrogen and oxygen atoms in total. The predicted molar refractivity (Wildman–Crippen MR) is 197 cm³/mol. The number of fused-ring (bicyclic) bond motifs is 1. The Hall–Kier alpha value is -4.88. The molecule has 5 atom stereocenters. The minimum Gasteiger partial charge on any atom is -0.444 e. The third kappa shape index (κ3) is 10.2. The molecule has 3 aliphatic rings. The Morgan fingerprint density at radius 3 is 2.31 bits per heavy atom.